The first kappa shape index (κ1) is 19.9. The molecule has 1 aromatic carbocycles. The molecule has 0 bridgehead atoms. The monoisotopic (exact) mass is 375 g/mol. The van der Waals surface area contributed by atoms with E-state index in [1.165, 1.54) is 25.1 Å². The maximum atomic E-state index is 12.8. The number of nitrogens with two attached hydrogens (primary N) is 1. The molecule has 5 N–H and O–H groups in total. The molecule has 7 amide bonds. The Hall–Kier alpha value is -3.43. The summed E-state index contributed by atoms with van der Waals surface area (Å²) in [5, 5.41) is 7.01. The number of hydrogen-bond acceptors (Lipinski definition) is 5. The molecule has 1 aliphatic heterocycles. The predicted octanol–water partition coefficient (Wildman–Crippen LogP) is -0.212. The van der Waals surface area contributed by atoms with E-state index in [0.717, 1.165) is 0 Å². The summed E-state index contributed by atoms with van der Waals surface area (Å²) in [5.41, 5.74) is 4.31. The van der Waals surface area contributed by atoms with E-state index in [1.807, 2.05) is 12.2 Å². The van der Waals surface area contributed by atoms with Crippen molar-refractivity contribution >= 4 is 29.8 Å². The summed E-state index contributed by atoms with van der Waals surface area (Å²) < 4.78 is 0. The number of amides is 7. The minimum absolute atomic E-state index is 0.180. The van der Waals surface area contributed by atoms with Crippen molar-refractivity contribution in [2.75, 3.05) is 13.1 Å². The van der Waals surface area contributed by atoms with Crippen LogP contribution in [0.2, 0.25) is 0 Å². The highest BCUT2D eigenvalue weighted by atomic mass is 16.2. The molecule has 1 heterocycles. The molecule has 1 aliphatic rings. The molecule has 0 radical (unpaired) electrons. The summed E-state index contributed by atoms with van der Waals surface area (Å²) >= 11 is 0. The van der Waals surface area contributed by atoms with E-state index in [-0.39, 0.29) is 5.56 Å². The van der Waals surface area contributed by atoms with Gasteiger partial charge in [-0.15, -0.1) is 0 Å². The number of benzene rings is 1. The zero-order valence-electron chi connectivity index (χ0n) is 15.0. The summed E-state index contributed by atoms with van der Waals surface area (Å²) in [6.45, 7) is 3.08. The Kier molecular flexibility index (Phi) is 5.78. The fourth-order valence-corrected chi connectivity index (χ4v) is 2.61. The van der Waals surface area contributed by atoms with Crippen LogP contribution in [0.15, 0.2) is 24.3 Å². The summed E-state index contributed by atoms with van der Waals surface area (Å²) in [7, 11) is 0. The molecule has 1 saturated heterocycles. The molecule has 144 valence electrons. The van der Waals surface area contributed by atoms with E-state index in [1.54, 1.807) is 6.07 Å². The summed E-state index contributed by atoms with van der Waals surface area (Å²) in [6, 6.07) is 4.50. The highest BCUT2D eigenvalue weighted by molar-refractivity contribution is 6.10. The third-order valence-corrected chi connectivity index (χ3v) is 4.09. The van der Waals surface area contributed by atoms with Crippen LogP contribution < -0.4 is 21.7 Å². The van der Waals surface area contributed by atoms with Crippen molar-refractivity contribution in [2.45, 2.75) is 25.8 Å². The zero-order chi connectivity index (χ0) is 20.2. The number of hydrogen-bond donors (Lipinski definition) is 4. The van der Waals surface area contributed by atoms with Crippen molar-refractivity contribution in [3.63, 3.8) is 0 Å². The van der Waals surface area contributed by atoms with E-state index in [0.29, 0.717) is 23.4 Å². The van der Waals surface area contributed by atoms with Crippen LogP contribution >= 0.6 is 0 Å². The molecule has 2 rings (SSSR count). The molecule has 10 nitrogen and oxygen atoms in total. The molecular weight excluding hydrogens is 354 g/mol. The summed E-state index contributed by atoms with van der Waals surface area (Å²) in [5.74, 6) is -2.16. The molecule has 0 spiro atoms. The van der Waals surface area contributed by atoms with Crippen LogP contribution in [0.4, 0.5) is 9.59 Å². The number of rotatable bonds is 6. The van der Waals surface area contributed by atoms with Crippen molar-refractivity contribution in [1.82, 2.24) is 20.9 Å². The van der Waals surface area contributed by atoms with Gasteiger partial charge in [0.1, 0.15) is 12.1 Å². The highest BCUT2D eigenvalue weighted by Gasteiger charge is 2.49. The average molecular weight is 375 g/mol. The van der Waals surface area contributed by atoms with Gasteiger partial charge in [0.25, 0.3) is 5.91 Å². The van der Waals surface area contributed by atoms with Crippen LogP contribution in [-0.4, -0.2) is 47.8 Å². The minimum atomic E-state index is -1.46. The first-order valence-electron chi connectivity index (χ1n) is 8.31. The average Bonchev–Trinajstić information content (AvgIpc) is 2.84. The predicted molar refractivity (Wildman–Crippen MR) is 94.4 cm³/mol. The first-order chi connectivity index (χ1) is 12.7. The van der Waals surface area contributed by atoms with E-state index >= 15 is 0 Å². The van der Waals surface area contributed by atoms with Gasteiger partial charge in [0.2, 0.25) is 11.8 Å². The molecular formula is C17H21N5O5. The van der Waals surface area contributed by atoms with Crippen molar-refractivity contribution in [3.05, 3.63) is 35.4 Å². The van der Waals surface area contributed by atoms with Crippen LogP contribution in [0.25, 0.3) is 0 Å². The van der Waals surface area contributed by atoms with Gasteiger partial charge in [-0.1, -0.05) is 19.1 Å². The quantitative estimate of drug-likeness (QED) is 0.507. The van der Waals surface area contributed by atoms with Gasteiger partial charge in [-0.05, 0) is 31.0 Å². The molecule has 10 heteroatoms. The van der Waals surface area contributed by atoms with Crippen LogP contribution in [0.5, 0.6) is 0 Å². The number of imide groups is 2. The standard InChI is InChI=1S/C17H21N5O5/c1-3-7-19-15(26)20-12(23)9-22-14(25)17(2,21-16(22)27)11-6-4-5-10(8-11)13(18)24/h4-6,8H,3,7,9H2,1-2H3,(H2,18,24)(H,21,27)(H2,19,20,23,26). The van der Waals surface area contributed by atoms with Gasteiger partial charge in [-0.25, -0.2) is 9.59 Å². The Bertz CT molecular complexity index is 809. The normalized spacial score (nSPS) is 18.8. The van der Waals surface area contributed by atoms with Crippen molar-refractivity contribution in [2.24, 2.45) is 5.73 Å². The van der Waals surface area contributed by atoms with Gasteiger partial charge in [-0.2, -0.15) is 0 Å². The van der Waals surface area contributed by atoms with Gasteiger partial charge in [0.05, 0.1) is 0 Å². The second-order valence-electron chi connectivity index (χ2n) is 6.20. The number of carbonyl (C=O) groups is 5. The summed E-state index contributed by atoms with van der Waals surface area (Å²) in [6.07, 6.45) is 0.692. The van der Waals surface area contributed by atoms with Gasteiger partial charge in [0.15, 0.2) is 0 Å². The smallest absolute Gasteiger partial charge is 0.325 e. The molecule has 0 saturated carbocycles. The van der Waals surface area contributed by atoms with Crippen LogP contribution in [0.3, 0.4) is 0 Å². The number of urea groups is 2. The molecule has 27 heavy (non-hydrogen) atoms. The number of nitrogens with one attached hydrogen (secondary N) is 3. The zero-order valence-corrected chi connectivity index (χ0v) is 15.0. The third-order valence-electron chi connectivity index (χ3n) is 4.09. The van der Waals surface area contributed by atoms with Crippen molar-refractivity contribution < 1.29 is 24.0 Å². The number of nitrogens with zero attached hydrogens (tertiary/aromatic N) is 1. The van der Waals surface area contributed by atoms with Gasteiger partial charge in [0, 0.05) is 12.1 Å². The van der Waals surface area contributed by atoms with Crippen molar-refractivity contribution in [1.29, 1.82) is 0 Å². The molecule has 0 aromatic heterocycles. The maximum Gasteiger partial charge on any atom is 0.325 e. The Balaban J connectivity index is 2.14. The molecule has 1 fully saturated rings. The molecule has 0 aliphatic carbocycles. The fourth-order valence-electron chi connectivity index (χ4n) is 2.61. The SMILES string of the molecule is CCCNC(=O)NC(=O)CN1C(=O)NC(C)(c2cccc(C(N)=O)c2)C1=O. The maximum absolute atomic E-state index is 12.8. The van der Waals surface area contributed by atoms with Gasteiger partial charge >= 0.3 is 12.1 Å². The first-order valence-corrected chi connectivity index (χ1v) is 8.31. The lowest BCUT2D eigenvalue weighted by Gasteiger charge is -2.22. The lowest BCUT2D eigenvalue weighted by molar-refractivity contribution is -0.134. The van der Waals surface area contributed by atoms with Crippen LogP contribution in [0.1, 0.15) is 36.2 Å². The highest BCUT2D eigenvalue weighted by Crippen LogP contribution is 2.29. The molecule has 1 atom stereocenters. The molecule has 1 aromatic rings. The van der Waals surface area contributed by atoms with E-state index in [2.05, 4.69) is 10.6 Å². The Morgan fingerprint density at radius 2 is 1.96 bits per heavy atom. The second kappa shape index (κ2) is 7.85. The summed E-state index contributed by atoms with van der Waals surface area (Å²) in [4.78, 5) is 60.5. The lowest BCUT2D eigenvalue weighted by Crippen LogP contribution is -2.47. The topological polar surface area (TPSA) is 151 Å². The van der Waals surface area contributed by atoms with E-state index in [4.69, 9.17) is 5.73 Å². The minimum Gasteiger partial charge on any atom is -0.366 e. The third kappa shape index (κ3) is 4.22. The number of carbonyl (C=O) groups excluding carboxylic acids is 5. The van der Waals surface area contributed by atoms with Gasteiger partial charge in [-0.3, -0.25) is 24.6 Å². The van der Waals surface area contributed by atoms with E-state index < -0.39 is 41.9 Å². The second-order valence-corrected chi connectivity index (χ2v) is 6.20. The lowest BCUT2D eigenvalue weighted by atomic mass is 9.90. The number of primary amides is 1. The fraction of sp³-hybridized carbons (Fsp3) is 0.353. The van der Waals surface area contributed by atoms with Crippen LogP contribution in [-0.2, 0) is 15.1 Å². The molecule has 1 unspecified atom stereocenters. The largest absolute Gasteiger partial charge is 0.366 e. The van der Waals surface area contributed by atoms with Crippen LogP contribution in [0, 0.1) is 0 Å². The Morgan fingerprint density at radius 3 is 2.59 bits per heavy atom. The Labute approximate surface area is 155 Å². The van der Waals surface area contributed by atoms with Gasteiger partial charge < -0.3 is 16.4 Å². The Morgan fingerprint density at radius 1 is 1.26 bits per heavy atom. The van der Waals surface area contributed by atoms with E-state index in [9.17, 15) is 24.0 Å². The van der Waals surface area contributed by atoms with Crippen molar-refractivity contribution in [3.8, 4) is 0 Å².